The van der Waals surface area contributed by atoms with Gasteiger partial charge in [0.15, 0.2) is 17.5 Å². The summed E-state index contributed by atoms with van der Waals surface area (Å²) in [4.78, 5) is 19.8. The van der Waals surface area contributed by atoms with Crippen LogP contribution in [0, 0.1) is 0 Å². The van der Waals surface area contributed by atoms with Crippen LogP contribution in [-0.2, 0) is 5.41 Å². The molecule has 0 unspecified atom stereocenters. The summed E-state index contributed by atoms with van der Waals surface area (Å²) in [6.07, 6.45) is 12.9. The van der Waals surface area contributed by atoms with Crippen molar-refractivity contribution in [2.24, 2.45) is 0 Å². The minimum absolute atomic E-state index is 0.397. The van der Waals surface area contributed by atoms with E-state index in [0.717, 1.165) is 45.5 Å². The largest absolute Gasteiger partial charge is 0.256 e. The molecule has 0 atom stereocenters. The molecule has 4 heteroatoms. The monoisotopic (exact) mass is 714 g/mol. The molecule has 2 aromatic heterocycles. The fraction of sp³-hybridized carbons (Fsp3) is 0.0385. The molecule has 1 spiro atoms. The molecule has 0 radical (unpaired) electrons. The Morgan fingerprint density at radius 2 is 0.964 bits per heavy atom. The van der Waals surface area contributed by atoms with Crippen molar-refractivity contribution in [2.75, 3.05) is 0 Å². The van der Waals surface area contributed by atoms with Crippen molar-refractivity contribution in [1.82, 2.24) is 19.9 Å². The number of hydrogen-bond donors (Lipinski definition) is 0. The lowest BCUT2D eigenvalue weighted by Gasteiger charge is -2.30. The van der Waals surface area contributed by atoms with Crippen LogP contribution < -0.4 is 0 Å². The lowest BCUT2D eigenvalue weighted by Crippen LogP contribution is -2.25. The minimum Gasteiger partial charge on any atom is -0.256 e. The van der Waals surface area contributed by atoms with Crippen LogP contribution in [0.15, 0.2) is 194 Å². The second-order valence-electron chi connectivity index (χ2n) is 14.5. The summed E-state index contributed by atoms with van der Waals surface area (Å²) in [5, 5.41) is 0. The van der Waals surface area contributed by atoms with Crippen molar-refractivity contribution >= 4 is 5.57 Å². The highest BCUT2D eigenvalue weighted by Gasteiger charge is 2.51. The molecular weight excluding hydrogens is 681 g/mol. The van der Waals surface area contributed by atoms with E-state index >= 15 is 0 Å². The van der Waals surface area contributed by atoms with Gasteiger partial charge in [0.1, 0.15) is 0 Å². The van der Waals surface area contributed by atoms with Crippen LogP contribution in [0.25, 0.3) is 73.0 Å². The van der Waals surface area contributed by atoms with Crippen LogP contribution in [0.1, 0.15) is 34.5 Å². The number of nitrogens with zero attached hydrogens (tertiary/aromatic N) is 4. The van der Waals surface area contributed by atoms with E-state index in [2.05, 4.69) is 163 Å². The van der Waals surface area contributed by atoms with Crippen LogP contribution in [0.4, 0.5) is 0 Å². The summed E-state index contributed by atoms with van der Waals surface area (Å²) in [6.45, 7) is 0. The van der Waals surface area contributed by atoms with Gasteiger partial charge in [-0.25, -0.2) is 15.0 Å². The van der Waals surface area contributed by atoms with E-state index < -0.39 is 5.41 Å². The van der Waals surface area contributed by atoms with Gasteiger partial charge in [-0.2, -0.15) is 0 Å². The lowest BCUT2D eigenvalue weighted by atomic mass is 9.70. The Balaban J connectivity index is 1.05. The molecule has 2 heterocycles. The topological polar surface area (TPSA) is 51.6 Å². The molecule has 56 heavy (non-hydrogen) atoms. The second-order valence-corrected chi connectivity index (χ2v) is 14.5. The first-order valence-corrected chi connectivity index (χ1v) is 19.1. The number of hydrogen-bond acceptors (Lipinski definition) is 4. The van der Waals surface area contributed by atoms with Crippen LogP contribution in [0.2, 0.25) is 0 Å². The Hall–Kier alpha value is -7.30. The third-order valence-electron chi connectivity index (χ3n) is 11.5. The Kier molecular flexibility index (Phi) is 7.42. The lowest BCUT2D eigenvalue weighted by molar-refractivity contribution is 0.794. The fourth-order valence-electron chi connectivity index (χ4n) is 8.96. The molecule has 3 aliphatic carbocycles. The quantitative estimate of drug-likeness (QED) is 0.178. The molecule has 0 saturated heterocycles. The summed E-state index contributed by atoms with van der Waals surface area (Å²) in [7, 11) is 0. The van der Waals surface area contributed by atoms with Crippen molar-refractivity contribution < 1.29 is 0 Å². The molecule has 11 rings (SSSR count). The van der Waals surface area contributed by atoms with E-state index in [1.807, 2.05) is 36.5 Å². The Labute approximate surface area is 326 Å². The van der Waals surface area contributed by atoms with Crippen LogP contribution >= 0.6 is 0 Å². The third-order valence-corrected chi connectivity index (χ3v) is 11.5. The van der Waals surface area contributed by atoms with E-state index in [0.29, 0.717) is 17.5 Å². The maximum atomic E-state index is 5.12. The van der Waals surface area contributed by atoms with Gasteiger partial charge in [-0.15, -0.1) is 0 Å². The van der Waals surface area contributed by atoms with E-state index in [-0.39, 0.29) is 0 Å². The molecule has 0 N–H and O–H groups in total. The van der Waals surface area contributed by atoms with Gasteiger partial charge in [-0.3, -0.25) is 4.98 Å². The summed E-state index contributed by atoms with van der Waals surface area (Å²) in [5.41, 5.74) is 17.3. The molecular formula is C52H34N4. The number of pyridine rings is 1. The number of rotatable bonds is 5. The smallest absolute Gasteiger partial charge is 0.164 e. The van der Waals surface area contributed by atoms with Gasteiger partial charge < -0.3 is 0 Å². The Morgan fingerprint density at radius 3 is 1.66 bits per heavy atom. The van der Waals surface area contributed by atoms with E-state index in [1.54, 1.807) is 0 Å². The van der Waals surface area contributed by atoms with Gasteiger partial charge in [0, 0.05) is 28.5 Å². The van der Waals surface area contributed by atoms with Gasteiger partial charge in [0.25, 0.3) is 0 Å². The number of benzene rings is 6. The van der Waals surface area contributed by atoms with Gasteiger partial charge in [-0.1, -0.05) is 164 Å². The van der Waals surface area contributed by atoms with Gasteiger partial charge in [0.2, 0.25) is 0 Å². The molecule has 4 nitrogen and oxygen atoms in total. The molecule has 262 valence electrons. The highest BCUT2D eigenvalue weighted by Crippen LogP contribution is 2.63. The van der Waals surface area contributed by atoms with Crippen molar-refractivity contribution in [2.45, 2.75) is 11.8 Å². The molecule has 3 aliphatic rings. The zero-order chi connectivity index (χ0) is 37.1. The van der Waals surface area contributed by atoms with E-state index in [9.17, 15) is 0 Å². The molecule has 6 aromatic carbocycles. The van der Waals surface area contributed by atoms with Crippen molar-refractivity contribution in [1.29, 1.82) is 0 Å². The summed E-state index contributed by atoms with van der Waals surface area (Å²) < 4.78 is 0. The van der Waals surface area contributed by atoms with Gasteiger partial charge in [-0.05, 0) is 86.3 Å². The second kappa shape index (κ2) is 12.9. The zero-order valence-electron chi connectivity index (χ0n) is 30.5. The van der Waals surface area contributed by atoms with Crippen LogP contribution in [0.5, 0.6) is 0 Å². The molecule has 0 aliphatic heterocycles. The number of aromatic nitrogens is 4. The highest BCUT2D eigenvalue weighted by atomic mass is 15.0. The Morgan fingerprint density at radius 1 is 0.393 bits per heavy atom. The molecule has 0 bridgehead atoms. The third kappa shape index (κ3) is 5.00. The first-order chi connectivity index (χ1) is 27.8. The molecule has 0 fully saturated rings. The maximum absolute atomic E-state index is 5.12. The molecule has 0 saturated carbocycles. The first kappa shape index (κ1) is 32.2. The van der Waals surface area contributed by atoms with Crippen LogP contribution in [-0.4, -0.2) is 19.9 Å². The van der Waals surface area contributed by atoms with Crippen molar-refractivity contribution in [3.05, 3.63) is 222 Å². The summed E-state index contributed by atoms with van der Waals surface area (Å²) in [6, 6.07) is 56.8. The SMILES string of the molecule is C1=CC=C(c2nc(-c3ccc(-c4ccccn4)cc3)nc(-c3cccc(-c4ccc5c(c4)C4(c6ccccc6-c6ccccc64)c4ccccc4-5)c3)n2)CC=C1. The van der Waals surface area contributed by atoms with Gasteiger partial charge >= 0.3 is 0 Å². The fourth-order valence-corrected chi connectivity index (χ4v) is 8.96. The standard InChI is InChI=1S/C52H34N4/c1-2-4-15-35(14-3-1)49-54-50(36-27-25-34(26-28-36)48-24-11-12-31-53-48)56-51(55-49)39-17-13-16-37(32-39)38-29-30-43-42-20-7-10-23-46(42)52(47(43)33-38)44-21-8-5-18-40(44)41-19-6-9-22-45(41)52/h1-14,16-33H,15H2. The van der Waals surface area contributed by atoms with Crippen molar-refractivity contribution in [3.8, 4) is 67.4 Å². The Bertz CT molecular complexity index is 2870. The summed E-state index contributed by atoms with van der Waals surface area (Å²) in [5.74, 6) is 1.95. The zero-order valence-corrected chi connectivity index (χ0v) is 30.5. The van der Waals surface area contributed by atoms with Crippen molar-refractivity contribution in [3.63, 3.8) is 0 Å². The molecule has 8 aromatic rings. The normalized spacial score (nSPS) is 14.1. The maximum Gasteiger partial charge on any atom is 0.164 e. The minimum atomic E-state index is -0.397. The van der Waals surface area contributed by atoms with E-state index in [4.69, 9.17) is 15.0 Å². The number of allylic oxidation sites excluding steroid dienone is 6. The average molecular weight is 715 g/mol. The number of fused-ring (bicyclic) bond motifs is 10. The molecule has 0 amide bonds. The highest BCUT2D eigenvalue weighted by molar-refractivity contribution is 5.96. The first-order valence-electron chi connectivity index (χ1n) is 19.1. The average Bonchev–Trinajstić information content (AvgIpc) is 3.56. The predicted octanol–water partition coefficient (Wildman–Crippen LogP) is 12.2. The summed E-state index contributed by atoms with van der Waals surface area (Å²) >= 11 is 0. The van der Waals surface area contributed by atoms with Gasteiger partial charge in [0.05, 0.1) is 11.1 Å². The van der Waals surface area contributed by atoms with E-state index in [1.165, 1.54) is 44.5 Å². The van der Waals surface area contributed by atoms with Crippen LogP contribution in [0.3, 0.4) is 0 Å². The predicted molar refractivity (Wildman–Crippen MR) is 227 cm³/mol.